The van der Waals surface area contributed by atoms with Gasteiger partial charge in [0.15, 0.2) is 6.10 Å². The van der Waals surface area contributed by atoms with Gasteiger partial charge in [0.25, 0.3) is 0 Å². The zero-order valence-electron chi connectivity index (χ0n) is 6.95. The summed E-state index contributed by atoms with van der Waals surface area (Å²) in [6, 6.07) is 1.55. The first kappa shape index (κ1) is 12.4. The summed E-state index contributed by atoms with van der Waals surface area (Å²) in [6.45, 7) is 0. The molecule has 1 nitrogen and oxygen atoms in total. The second-order valence-electron chi connectivity index (χ2n) is 2.70. The van der Waals surface area contributed by atoms with Gasteiger partial charge >= 0.3 is 6.18 Å². The van der Waals surface area contributed by atoms with Gasteiger partial charge in [0, 0.05) is 0 Å². The maximum absolute atomic E-state index is 13.1. The number of halogens is 6. The van der Waals surface area contributed by atoms with Crippen molar-refractivity contribution >= 4 is 15.9 Å². The van der Waals surface area contributed by atoms with Crippen LogP contribution in [-0.4, -0.2) is 11.3 Å². The lowest BCUT2D eigenvalue weighted by Crippen LogP contribution is -2.22. The van der Waals surface area contributed by atoms with E-state index >= 15 is 0 Å². The van der Waals surface area contributed by atoms with Gasteiger partial charge in [0.05, 0.1) is 10.0 Å². The first-order valence-electron chi connectivity index (χ1n) is 3.63. The maximum atomic E-state index is 13.1. The van der Waals surface area contributed by atoms with Gasteiger partial charge in [0.2, 0.25) is 0 Å². The number of hydrogen-bond donors (Lipinski definition) is 1. The lowest BCUT2D eigenvalue weighted by Gasteiger charge is -2.16. The van der Waals surface area contributed by atoms with E-state index in [2.05, 4.69) is 15.9 Å². The lowest BCUT2D eigenvalue weighted by atomic mass is 10.1. The average molecular weight is 291 g/mol. The Bertz CT molecular complexity index is 376. The van der Waals surface area contributed by atoms with E-state index in [1.807, 2.05) is 0 Å². The number of hydrogen-bond acceptors (Lipinski definition) is 1. The summed E-state index contributed by atoms with van der Waals surface area (Å²) in [5, 5.41) is 8.72. The highest BCUT2D eigenvalue weighted by molar-refractivity contribution is 9.10. The minimum Gasteiger partial charge on any atom is -0.379 e. The van der Waals surface area contributed by atoms with Crippen molar-refractivity contribution in [3.63, 3.8) is 0 Å². The van der Waals surface area contributed by atoms with Crippen LogP contribution < -0.4 is 0 Å². The minimum atomic E-state index is -5.11. The van der Waals surface area contributed by atoms with E-state index in [0.29, 0.717) is 6.07 Å². The van der Waals surface area contributed by atoms with Crippen molar-refractivity contribution in [2.45, 2.75) is 12.3 Å². The summed E-state index contributed by atoms with van der Waals surface area (Å²) < 4.78 is 61.7. The second kappa shape index (κ2) is 4.05. The third-order valence-corrected chi connectivity index (χ3v) is 2.28. The number of aliphatic hydroxyl groups is 1. The minimum absolute atomic E-state index is 0.345. The summed E-state index contributed by atoms with van der Waals surface area (Å²) in [4.78, 5) is 0. The van der Waals surface area contributed by atoms with Gasteiger partial charge in [0.1, 0.15) is 11.6 Å². The zero-order valence-corrected chi connectivity index (χ0v) is 8.53. The van der Waals surface area contributed by atoms with E-state index in [1.54, 1.807) is 0 Å². The van der Waals surface area contributed by atoms with Crippen molar-refractivity contribution < 1.29 is 27.1 Å². The third-order valence-electron chi connectivity index (χ3n) is 1.66. The Labute approximate surface area is 89.7 Å². The quantitative estimate of drug-likeness (QED) is 0.621. The molecule has 0 aliphatic heterocycles. The Morgan fingerprint density at radius 2 is 1.73 bits per heavy atom. The molecule has 1 N–H and O–H groups in total. The van der Waals surface area contributed by atoms with E-state index in [1.165, 1.54) is 0 Å². The Balaban J connectivity index is 3.31. The zero-order chi connectivity index (χ0) is 11.8. The summed E-state index contributed by atoms with van der Waals surface area (Å²) >= 11 is 2.60. The molecule has 0 aliphatic rings. The van der Waals surface area contributed by atoms with Crippen LogP contribution in [0.5, 0.6) is 0 Å². The van der Waals surface area contributed by atoms with Crippen LogP contribution in [0.2, 0.25) is 0 Å². The van der Waals surface area contributed by atoms with Gasteiger partial charge in [-0.15, -0.1) is 0 Å². The van der Waals surface area contributed by atoms with E-state index in [0.717, 1.165) is 6.07 Å². The molecule has 1 atom stereocenters. The second-order valence-corrected chi connectivity index (χ2v) is 3.56. The molecule has 0 aliphatic carbocycles. The first-order valence-corrected chi connectivity index (χ1v) is 4.42. The van der Waals surface area contributed by atoms with Gasteiger partial charge in [-0.3, -0.25) is 0 Å². The van der Waals surface area contributed by atoms with Gasteiger partial charge in [-0.05, 0) is 28.1 Å². The number of rotatable bonds is 1. The molecule has 1 rings (SSSR count). The molecule has 0 saturated carbocycles. The van der Waals surface area contributed by atoms with Crippen LogP contribution in [0.4, 0.5) is 22.0 Å². The molecule has 0 saturated heterocycles. The molecule has 0 radical (unpaired) electrons. The maximum Gasteiger partial charge on any atom is 0.418 e. The fourth-order valence-electron chi connectivity index (χ4n) is 0.957. The van der Waals surface area contributed by atoms with Crippen molar-refractivity contribution in [3.8, 4) is 0 Å². The Kier molecular flexibility index (Phi) is 3.34. The third kappa shape index (κ3) is 2.46. The number of alkyl halides is 3. The van der Waals surface area contributed by atoms with Crippen molar-refractivity contribution in [2.75, 3.05) is 0 Å². The summed E-state index contributed by atoms with van der Waals surface area (Å²) in [7, 11) is 0. The van der Waals surface area contributed by atoms with Crippen LogP contribution in [0.15, 0.2) is 16.6 Å². The highest BCUT2D eigenvalue weighted by Gasteiger charge is 2.42. The molecule has 0 spiro atoms. The first-order chi connectivity index (χ1) is 6.75. The topological polar surface area (TPSA) is 20.2 Å². The molecule has 0 aromatic heterocycles. The monoisotopic (exact) mass is 290 g/mol. The summed E-state index contributed by atoms with van der Waals surface area (Å²) in [6.07, 6.45) is -8.28. The van der Waals surface area contributed by atoms with E-state index < -0.39 is 29.5 Å². The van der Waals surface area contributed by atoms with E-state index in [4.69, 9.17) is 5.11 Å². The molecule has 0 fully saturated rings. The SMILES string of the molecule is O[C@H](c1c(F)ccc(Br)c1F)C(F)(F)F. The number of benzene rings is 1. The summed E-state index contributed by atoms with van der Waals surface area (Å²) in [5.41, 5.74) is -1.41. The molecule has 0 unspecified atom stereocenters. The normalized spacial score (nSPS) is 14.1. The molecular formula is C8H4BrF5O. The predicted octanol–water partition coefficient (Wildman–Crippen LogP) is 3.32. The molecular weight excluding hydrogens is 287 g/mol. The van der Waals surface area contributed by atoms with Crippen molar-refractivity contribution in [1.82, 2.24) is 0 Å². The fourth-order valence-corrected chi connectivity index (χ4v) is 1.30. The predicted molar refractivity (Wildman–Crippen MR) is 45.1 cm³/mol. The molecule has 0 heterocycles. The van der Waals surface area contributed by atoms with E-state index in [9.17, 15) is 22.0 Å². The molecule has 1 aromatic rings. The van der Waals surface area contributed by atoms with Crippen molar-refractivity contribution in [3.05, 3.63) is 33.8 Å². The lowest BCUT2D eigenvalue weighted by molar-refractivity contribution is -0.208. The highest BCUT2D eigenvalue weighted by atomic mass is 79.9. The van der Waals surface area contributed by atoms with Crippen molar-refractivity contribution in [1.29, 1.82) is 0 Å². The Morgan fingerprint density at radius 3 is 2.20 bits per heavy atom. The van der Waals surface area contributed by atoms with Crippen LogP contribution in [0.1, 0.15) is 11.7 Å². The summed E-state index contributed by atoms with van der Waals surface area (Å²) in [5.74, 6) is -2.90. The van der Waals surface area contributed by atoms with Crippen LogP contribution in [0, 0.1) is 11.6 Å². The standard InChI is InChI=1S/C8H4BrF5O/c9-3-1-2-4(10)5(6(3)11)7(15)8(12,13)14/h1-2,7,15H/t7-/m1/s1. The fraction of sp³-hybridized carbons (Fsp3) is 0.250. The molecule has 0 amide bonds. The van der Waals surface area contributed by atoms with Gasteiger partial charge in [-0.25, -0.2) is 8.78 Å². The largest absolute Gasteiger partial charge is 0.418 e. The molecule has 15 heavy (non-hydrogen) atoms. The highest BCUT2D eigenvalue weighted by Crippen LogP contribution is 2.36. The molecule has 84 valence electrons. The van der Waals surface area contributed by atoms with Crippen LogP contribution in [0.25, 0.3) is 0 Å². The molecule has 0 bridgehead atoms. The number of aliphatic hydroxyl groups excluding tert-OH is 1. The van der Waals surface area contributed by atoms with Gasteiger partial charge in [-0.2, -0.15) is 13.2 Å². The molecule has 7 heteroatoms. The van der Waals surface area contributed by atoms with Crippen LogP contribution >= 0.6 is 15.9 Å². The Hall–Kier alpha value is -0.690. The van der Waals surface area contributed by atoms with Crippen molar-refractivity contribution in [2.24, 2.45) is 0 Å². The smallest absolute Gasteiger partial charge is 0.379 e. The average Bonchev–Trinajstić information content (AvgIpc) is 2.10. The van der Waals surface area contributed by atoms with Gasteiger partial charge < -0.3 is 5.11 Å². The van der Waals surface area contributed by atoms with Crippen LogP contribution in [0.3, 0.4) is 0 Å². The molecule has 1 aromatic carbocycles. The van der Waals surface area contributed by atoms with E-state index in [-0.39, 0.29) is 4.47 Å². The Morgan fingerprint density at radius 1 is 1.20 bits per heavy atom. The van der Waals surface area contributed by atoms with Crippen LogP contribution in [-0.2, 0) is 0 Å². The van der Waals surface area contributed by atoms with Gasteiger partial charge in [-0.1, -0.05) is 0 Å².